The van der Waals surface area contributed by atoms with E-state index < -0.39 is 0 Å². The Morgan fingerprint density at radius 1 is 1.80 bits per heavy atom. The third-order valence-electron chi connectivity index (χ3n) is 0. The first-order valence-electron chi connectivity index (χ1n) is 0.813. The van der Waals surface area contributed by atoms with E-state index in [9.17, 15) is 0 Å². The van der Waals surface area contributed by atoms with Gasteiger partial charge in [-0.05, 0) is 6.92 Å². The van der Waals surface area contributed by atoms with E-state index in [1.807, 2.05) is 0 Å². The number of hydrogen-bond acceptors (Lipinski definition) is 1. The molecule has 0 amide bonds. The largest absolute Gasteiger partial charge is 2.00 e. The van der Waals surface area contributed by atoms with Crippen LogP contribution in [-0.2, 0) is 21.6 Å². The van der Waals surface area contributed by atoms with Crippen molar-refractivity contribution in [1.82, 2.24) is 0 Å². The van der Waals surface area contributed by atoms with Gasteiger partial charge in [-0.3, -0.25) is 0 Å². The molecule has 0 saturated heterocycles. The Balaban J connectivity index is -0.00000000333. The third-order valence-corrected chi connectivity index (χ3v) is 0. The summed E-state index contributed by atoms with van der Waals surface area (Å²) < 4.78 is 0. The van der Waals surface area contributed by atoms with Crippen LogP contribution in [0.1, 0.15) is 9.78 Å². The van der Waals surface area contributed by atoms with E-state index in [-0.39, 0.29) is 65.1 Å². The zero-order valence-corrected chi connectivity index (χ0v) is 7.54. The average molecular weight is 193 g/mol. The molecular formula is C2H6CoOSr. The molecule has 0 N–H and O–H groups in total. The summed E-state index contributed by atoms with van der Waals surface area (Å²) >= 11 is 0. The molecule has 31 valence electrons. The van der Waals surface area contributed by atoms with Crippen LogP contribution in [0.15, 0.2) is 0 Å². The maximum Gasteiger partial charge on any atom is 2.00 e. The summed E-state index contributed by atoms with van der Waals surface area (Å²) in [5.41, 5.74) is 0. The molecule has 0 saturated carbocycles. The molecule has 0 aliphatic carbocycles. The van der Waals surface area contributed by atoms with Gasteiger partial charge < -0.3 is 7.65 Å². The molecule has 0 heterocycles. The van der Waals surface area contributed by atoms with Crippen molar-refractivity contribution in [2.45, 2.75) is 6.92 Å². The molecule has 0 bridgehead atoms. The summed E-state index contributed by atoms with van der Waals surface area (Å²) in [5, 5.41) is 0. The standard InChI is InChI=1S/C2H4O.Co.Sr.2H/c1-2-3;;;;/h2H,1H3;;;;/q;;+2;2*-1. The first-order chi connectivity index (χ1) is 1.41. The minimum absolute atomic E-state index is 0. The minimum Gasteiger partial charge on any atom is -1.00 e. The first-order valence-corrected chi connectivity index (χ1v) is 0.813. The molecule has 0 aromatic rings. The Labute approximate surface area is 81.9 Å². The van der Waals surface area contributed by atoms with Gasteiger partial charge >= 0.3 is 45.5 Å². The number of carbonyl (C=O) groups is 1. The van der Waals surface area contributed by atoms with Crippen LogP contribution in [0, 0.1) is 0 Å². The topological polar surface area (TPSA) is 17.1 Å². The van der Waals surface area contributed by atoms with E-state index in [0.717, 1.165) is 6.29 Å². The quantitative estimate of drug-likeness (QED) is 0.392. The monoisotopic (exact) mass is 193 g/mol. The van der Waals surface area contributed by atoms with E-state index in [1.54, 1.807) is 0 Å². The first kappa shape index (κ1) is 15.9. The van der Waals surface area contributed by atoms with E-state index in [4.69, 9.17) is 4.79 Å². The van der Waals surface area contributed by atoms with Crippen molar-refractivity contribution >= 4 is 51.8 Å². The fraction of sp³-hybridized carbons (Fsp3) is 0.500. The van der Waals surface area contributed by atoms with Crippen LogP contribution in [-0.4, -0.2) is 51.8 Å². The summed E-state index contributed by atoms with van der Waals surface area (Å²) in [6.07, 6.45) is 0.750. The Bertz CT molecular complexity index is 23.2. The SMILES string of the molecule is CC=O.[Co].[H-].[H-].[Sr+2]. The summed E-state index contributed by atoms with van der Waals surface area (Å²) in [7, 11) is 0. The van der Waals surface area contributed by atoms with Crippen molar-refractivity contribution in [3.05, 3.63) is 0 Å². The average Bonchev–Trinajstić information content (AvgIpc) is 0.918. The van der Waals surface area contributed by atoms with Crippen molar-refractivity contribution in [2.75, 3.05) is 0 Å². The molecule has 0 rings (SSSR count). The molecule has 3 heteroatoms. The second-order valence-corrected chi connectivity index (χ2v) is 0.236. The van der Waals surface area contributed by atoms with Crippen LogP contribution < -0.4 is 0 Å². The van der Waals surface area contributed by atoms with Gasteiger partial charge in [0.05, 0.1) is 0 Å². The molecule has 1 nitrogen and oxygen atoms in total. The van der Waals surface area contributed by atoms with Gasteiger partial charge in [-0.2, -0.15) is 0 Å². The molecule has 0 unspecified atom stereocenters. The van der Waals surface area contributed by atoms with Gasteiger partial charge in [0.2, 0.25) is 0 Å². The fourth-order valence-corrected chi connectivity index (χ4v) is 0. The summed E-state index contributed by atoms with van der Waals surface area (Å²) in [4.78, 5) is 8.81. The molecule has 0 aliphatic heterocycles. The zero-order valence-electron chi connectivity index (χ0n) is 5.03. The molecule has 0 aromatic carbocycles. The van der Waals surface area contributed by atoms with E-state index in [2.05, 4.69) is 0 Å². The molecule has 0 aromatic heterocycles. The second kappa shape index (κ2) is 17.4. The van der Waals surface area contributed by atoms with Gasteiger partial charge in [-0.1, -0.05) is 0 Å². The Morgan fingerprint density at radius 2 is 1.80 bits per heavy atom. The van der Waals surface area contributed by atoms with Gasteiger partial charge in [0.15, 0.2) is 0 Å². The molecule has 0 atom stereocenters. The van der Waals surface area contributed by atoms with Gasteiger partial charge in [0.25, 0.3) is 0 Å². The van der Waals surface area contributed by atoms with Crippen molar-refractivity contribution < 1.29 is 24.4 Å². The van der Waals surface area contributed by atoms with Crippen molar-refractivity contribution in [3.63, 3.8) is 0 Å². The van der Waals surface area contributed by atoms with E-state index in [1.165, 1.54) is 6.92 Å². The van der Waals surface area contributed by atoms with Crippen LogP contribution in [0.3, 0.4) is 0 Å². The summed E-state index contributed by atoms with van der Waals surface area (Å²) in [5.74, 6) is 0. The van der Waals surface area contributed by atoms with Crippen LogP contribution >= 0.6 is 0 Å². The van der Waals surface area contributed by atoms with Gasteiger partial charge in [-0.25, -0.2) is 0 Å². The van der Waals surface area contributed by atoms with Crippen LogP contribution in [0.25, 0.3) is 0 Å². The maximum atomic E-state index is 8.81. The molecule has 5 heavy (non-hydrogen) atoms. The van der Waals surface area contributed by atoms with Gasteiger partial charge in [0, 0.05) is 16.8 Å². The van der Waals surface area contributed by atoms with Crippen LogP contribution in [0.4, 0.5) is 0 Å². The van der Waals surface area contributed by atoms with Crippen molar-refractivity contribution in [3.8, 4) is 0 Å². The number of carbonyl (C=O) groups excluding carboxylic acids is 1. The van der Waals surface area contributed by atoms with Crippen LogP contribution in [0.5, 0.6) is 0 Å². The molecule has 0 fully saturated rings. The van der Waals surface area contributed by atoms with Crippen molar-refractivity contribution in [2.24, 2.45) is 0 Å². The maximum absolute atomic E-state index is 8.81. The molecule has 1 radical (unpaired) electrons. The van der Waals surface area contributed by atoms with Crippen molar-refractivity contribution in [1.29, 1.82) is 0 Å². The minimum atomic E-state index is 0. The Kier molecular flexibility index (Phi) is 55.4. The number of rotatable bonds is 0. The normalized spacial score (nSPS) is 2.60. The summed E-state index contributed by atoms with van der Waals surface area (Å²) in [6, 6.07) is 0. The Morgan fingerprint density at radius 3 is 1.80 bits per heavy atom. The second-order valence-electron chi connectivity index (χ2n) is 0.236. The number of hydrogen-bond donors (Lipinski definition) is 0. The summed E-state index contributed by atoms with van der Waals surface area (Å²) in [6.45, 7) is 1.44. The number of aldehydes is 1. The van der Waals surface area contributed by atoms with Gasteiger partial charge in [-0.15, -0.1) is 0 Å². The van der Waals surface area contributed by atoms with E-state index >= 15 is 0 Å². The Hall–Kier alpha value is 1.66. The predicted octanol–water partition coefficient (Wildman–Crippen LogP) is 0.0469. The fourth-order valence-electron chi connectivity index (χ4n) is 0. The zero-order chi connectivity index (χ0) is 2.71. The smallest absolute Gasteiger partial charge is 1.00 e. The van der Waals surface area contributed by atoms with Crippen LogP contribution in [0.2, 0.25) is 0 Å². The van der Waals surface area contributed by atoms with E-state index in [0.29, 0.717) is 0 Å². The molecule has 0 spiro atoms. The predicted molar refractivity (Wildman–Crippen MR) is 19.7 cm³/mol. The molecular weight excluding hydrogens is 187 g/mol. The third kappa shape index (κ3) is 27.6. The molecule has 0 aliphatic rings. The van der Waals surface area contributed by atoms with Gasteiger partial charge in [0.1, 0.15) is 6.29 Å².